The van der Waals surface area contributed by atoms with Crippen molar-refractivity contribution < 1.29 is 14.6 Å². The molecule has 5 nitrogen and oxygen atoms in total. The third-order valence-corrected chi connectivity index (χ3v) is 3.36. The smallest absolute Gasteiger partial charge is 0.360 e. The zero-order chi connectivity index (χ0) is 14.9. The van der Waals surface area contributed by atoms with Crippen LogP contribution in [0.1, 0.15) is 16.2 Å². The number of aromatic hydroxyl groups is 1. The molecule has 2 aromatic rings. The van der Waals surface area contributed by atoms with E-state index < -0.39 is 5.97 Å². The fourth-order valence-electron chi connectivity index (χ4n) is 2.00. The second kappa shape index (κ2) is 5.76. The molecule has 1 aromatic heterocycles. The minimum atomic E-state index is -0.649. The van der Waals surface area contributed by atoms with Gasteiger partial charge in [-0.15, -0.1) is 0 Å². The Balaban J connectivity index is 2.76. The van der Waals surface area contributed by atoms with Gasteiger partial charge in [0.05, 0.1) is 12.8 Å². The molecular formula is C14H15BrN2O3. The van der Waals surface area contributed by atoms with Gasteiger partial charge < -0.3 is 14.7 Å². The monoisotopic (exact) mass is 338 g/mol. The van der Waals surface area contributed by atoms with Crippen molar-refractivity contribution in [2.75, 3.05) is 21.2 Å². The number of methoxy groups -OCH3 is 1. The molecule has 0 amide bonds. The van der Waals surface area contributed by atoms with Gasteiger partial charge in [0.25, 0.3) is 0 Å². The van der Waals surface area contributed by atoms with Crippen LogP contribution in [0.4, 0.5) is 0 Å². The first kappa shape index (κ1) is 14.7. The van der Waals surface area contributed by atoms with Crippen LogP contribution in [0.5, 0.6) is 5.75 Å². The molecule has 6 heteroatoms. The highest BCUT2D eigenvalue weighted by molar-refractivity contribution is 9.10. The second-order valence-electron chi connectivity index (χ2n) is 4.67. The van der Waals surface area contributed by atoms with Gasteiger partial charge in [0.2, 0.25) is 0 Å². The maximum Gasteiger partial charge on any atom is 0.360 e. The summed E-state index contributed by atoms with van der Waals surface area (Å²) in [5.41, 5.74) is 0.658. The number of esters is 1. The number of rotatable bonds is 3. The number of nitrogens with zero attached hydrogens (tertiary/aromatic N) is 2. The maximum atomic E-state index is 11.7. The fraction of sp³-hybridized carbons (Fsp3) is 0.286. The van der Waals surface area contributed by atoms with Gasteiger partial charge in [-0.3, -0.25) is 0 Å². The number of hydrogen-bond acceptors (Lipinski definition) is 5. The fourth-order valence-corrected chi connectivity index (χ4v) is 2.36. The maximum absolute atomic E-state index is 11.7. The average molecular weight is 339 g/mol. The molecule has 0 saturated carbocycles. The number of hydrogen-bond donors (Lipinski definition) is 1. The van der Waals surface area contributed by atoms with Crippen LogP contribution in [0.15, 0.2) is 22.7 Å². The summed E-state index contributed by atoms with van der Waals surface area (Å²) < 4.78 is 5.49. The largest absolute Gasteiger partial charge is 0.505 e. The van der Waals surface area contributed by atoms with Crippen molar-refractivity contribution in [2.45, 2.75) is 6.54 Å². The zero-order valence-electron chi connectivity index (χ0n) is 11.5. The van der Waals surface area contributed by atoms with E-state index in [1.54, 1.807) is 6.07 Å². The lowest BCUT2D eigenvalue weighted by molar-refractivity contribution is 0.0590. The summed E-state index contributed by atoms with van der Waals surface area (Å²) in [6.07, 6.45) is 0. The van der Waals surface area contributed by atoms with Crippen molar-refractivity contribution in [1.82, 2.24) is 9.88 Å². The molecule has 2 rings (SSSR count). The molecule has 106 valence electrons. The molecule has 0 aliphatic rings. The molecule has 0 aliphatic carbocycles. The molecule has 0 unspecified atom stereocenters. The van der Waals surface area contributed by atoms with E-state index in [0.717, 1.165) is 15.6 Å². The van der Waals surface area contributed by atoms with E-state index in [4.69, 9.17) is 0 Å². The molecule has 0 radical (unpaired) electrons. The van der Waals surface area contributed by atoms with E-state index in [1.165, 1.54) is 7.11 Å². The van der Waals surface area contributed by atoms with Crippen LogP contribution in [-0.4, -0.2) is 42.2 Å². The van der Waals surface area contributed by atoms with Gasteiger partial charge in [0.15, 0.2) is 11.4 Å². The van der Waals surface area contributed by atoms with Crippen LogP contribution in [0, 0.1) is 0 Å². The van der Waals surface area contributed by atoms with Gasteiger partial charge in [0.1, 0.15) is 0 Å². The normalized spacial score (nSPS) is 11.1. The second-order valence-corrected chi connectivity index (χ2v) is 5.59. The van der Waals surface area contributed by atoms with Crippen LogP contribution in [-0.2, 0) is 11.3 Å². The highest BCUT2D eigenvalue weighted by atomic mass is 79.9. The molecule has 1 N–H and O–H groups in total. The van der Waals surface area contributed by atoms with Crippen LogP contribution < -0.4 is 0 Å². The Labute approximate surface area is 125 Å². The molecule has 1 aromatic carbocycles. The number of pyridine rings is 1. The van der Waals surface area contributed by atoms with Gasteiger partial charge in [-0.1, -0.05) is 22.0 Å². The number of benzene rings is 1. The van der Waals surface area contributed by atoms with Crippen LogP contribution in [0.2, 0.25) is 0 Å². The first-order chi connectivity index (χ1) is 9.43. The number of halogens is 1. The van der Waals surface area contributed by atoms with Crippen molar-refractivity contribution >= 4 is 32.7 Å². The number of aromatic nitrogens is 1. The summed E-state index contributed by atoms with van der Waals surface area (Å²) >= 11 is 3.36. The SMILES string of the molecule is COC(=O)c1nc(CN(C)C)c2ccc(Br)cc2c1O. The van der Waals surface area contributed by atoms with Crippen molar-refractivity contribution in [3.05, 3.63) is 34.1 Å². The van der Waals surface area contributed by atoms with Gasteiger partial charge in [0, 0.05) is 21.8 Å². The van der Waals surface area contributed by atoms with Crippen molar-refractivity contribution in [2.24, 2.45) is 0 Å². The van der Waals surface area contributed by atoms with Gasteiger partial charge in [-0.05, 0) is 26.2 Å². The lowest BCUT2D eigenvalue weighted by Crippen LogP contribution is -2.15. The first-order valence-electron chi connectivity index (χ1n) is 5.98. The molecular weight excluding hydrogens is 324 g/mol. The number of carbonyl (C=O) groups excluding carboxylic acids is 1. The Bertz CT molecular complexity index is 671. The minimum Gasteiger partial charge on any atom is -0.505 e. The van der Waals surface area contributed by atoms with E-state index in [0.29, 0.717) is 11.9 Å². The van der Waals surface area contributed by atoms with Crippen LogP contribution in [0.3, 0.4) is 0 Å². The molecule has 20 heavy (non-hydrogen) atoms. The molecule has 0 aliphatic heterocycles. The van der Waals surface area contributed by atoms with E-state index in [-0.39, 0.29) is 11.4 Å². The Kier molecular flexibility index (Phi) is 4.25. The Morgan fingerprint density at radius 1 is 1.40 bits per heavy atom. The minimum absolute atomic E-state index is 0.0602. The molecule has 0 spiro atoms. The van der Waals surface area contributed by atoms with E-state index >= 15 is 0 Å². The predicted molar refractivity (Wildman–Crippen MR) is 79.8 cm³/mol. The first-order valence-corrected chi connectivity index (χ1v) is 6.77. The number of carbonyl (C=O) groups is 1. The third-order valence-electron chi connectivity index (χ3n) is 2.86. The quantitative estimate of drug-likeness (QED) is 0.871. The molecule has 1 heterocycles. The van der Waals surface area contributed by atoms with E-state index in [2.05, 4.69) is 25.7 Å². The Morgan fingerprint density at radius 3 is 2.70 bits per heavy atom. The Hall–Kier alpha value is -1.66. The highest BCUT2D eigenvalue weighted by Crippen LogP contribution is 2.32. The van der Waals surface area contributed by atoms with Crippen LogP contribution >= 0.6 is 15.9 Å². The summed E-state index contributed by atoms with van der Waals surface area (Å²) in [6, 6.07) is 5.50. The summed E-state index contributed by atoms with van der Waals surface area (Å²) in [7, 11) is 5.09. The third kappa shape index (κ3) is 2.76. The molecule has 0 atom stereocenters. The molecule has 0 saturated heterocycles. The number of ether oxygens (including phenoxy) is 1. The highest BCUT2D eigenvalue weighted by Gasteiger charge is 2.20. The number of fused-ring (bicyclic) bond motifs is 1. The Morgan fingerprint density at radius 2 is 2.10 bits per heavy atom. The van der Waals surface area contributed by atoms with Crippen molar-refractivity contribution in [1.29, 1.82) is 0 Å². The van der Waals surface area contributed by atoms with Gasteiger partial charge in [-0.25, -0.2) is 9.78 Å². The van der Waals surface area contributed by atoms with Crippen molar-refractivity contribution in [3.63, 3.8) is 0 Å². The van der Waals surface area contributed by atoms with Crippen LogP contribution in [0.25, 0.3) is 10.8 Å². The summed E-state index contributed by atoms with van der Waals surface area (Å²) in [5, 5.41) is 11.6. The van der Waals surface area contributed by atoms with Gasteiger partial charge in [-0.2, -0.15) is 0 Å². The topological polar surface area (TPSA) is 62.7 Å². The molecule has 0 bridgehead atoms. The lowest BCUT2D eigenvalue weighted by atomic mass is 10.1. The average Bonchev–Trinajstić information content (AvgIpc) is 2.40. The van der Waals surface area contributed by atoms with E-state index in [1.807, 2.05) is 31.1 Å². The standard InChI is InChI=1S/C14H15BrN2O3/c1-17(2)7-11-9-5-4-8(15)6-10(9)13(18)12(16-11)14(19)20-3/h4-6,18H,7H2,1-3H3. The zero-order valence-corrected chi connectivity index (χ0v) is 13.1. The van der Waals surface area contributed by atoms with E-state index in [9.17, 15) is 9.90 Å². The summed E-state index contributed by atoms with van der Waals surface area (Å²) in [5.74, 6) is -0.806. The lowest BCUT2D eigenvalue weighted by Gasteiger charge is -2.14. The summed E-state index contributed by atoms with van der Waals surface area (Å²) in [6.45, 7) is 0.558. The predicted octanol–water partition coefficient (Wildman–Crippen LogP) is 2.55. The van der Waals surface area contributed by atoms with Gasteiger partial charge >= 0.3 is 5.97 Å². The molecule has 0 fully saturated rings. The summed E-state index contributed by atoms with van der Waals surface area (Å²) in [4.78, 5) is 17.9. The van der Waals surface area contributed by atoms with Crippen molar-refractivity contribution in [3.8, 4) is 5.75 Å².